The van der Waals surface area contributed by atoms with Crippen LogP contribution in [0.4, 0.5) is 22.9 Å². The number of non-ortho nitro benzene ring substituents is 1. The Morgan fingerprint density at radius 2 is 1.83 bits per heavy atom. The predicted octanol–water partition coefficient (Wildman–Crippen LogP) is 2.76. The number of anilines is 2. The number of hydrogen-bond acceptors (Lipinski definition) is 9. The van der Waals surface area contributed by atoms with Crippen LogP contribution in [-0.4, -0.2) is 46.1 Å². The number of fused-ring (bicyclic) bond motifs is 2. The number of ether oxygens (including phenoxy) is 1. The van der Waals surface area contributed by atoms with E-state index in [0.717, 1.165) is 17.1 Å². The normalized spacial score (nSPS) is 12.9. The van der Waals surface area contributed by atoms with Crippen molar-refractivity contribution in [2.45, 2.75) is 0 Å². The van der Waals surface area contributed by atoms with Crippen LogP contribution in [0.25, 0.3) is 11.0 Å². The molecule has 3 aromatic rings. The first kappa shape index (κ1) is 18.3. The summed E-state index contributed by atoms with van der Waals surface area (Å²) in [5.41, 5.74) is 1.05. The van der Waals surface area contributed by atoms with Crippen LogP contribution in [0, 0.1) is 20.2 Å². The highest BCUT2D eigenvalue weighted by Gasteiger charge is 2.23. The van der Waals surface area contributed by atoms with E-state index in [1.165, 1.54) is 12.1 Å². The van der Waals surface area contributed by atoms with E-state index in [1.54, 1.807) is 0 Å². The lowest BCUT2D eigenvalue weighted by atomic mass is 10.2. The molecule has 1 aliphatic rings. The van der Waals surface area contributed by atoms with Gasteiger partial charge in [-0.2, -0.15) is 0 Å². The van der Waals surface area contributed by atoms with E-state index in [0.29, 0.717) is 37.9 Å². The second kappa shape index (κ2) is 7.54. The van der Waals surface area contributed by atoms with Gasteiger partial charge in [0.2, 0.25) is 0 Å². The zero-order valence-corrected chi connectivity index (χ0v) is 15.1. The fourth-order valence-electron chi connectivity index (χ4n) is 3.11. The smallest absolute Gasteiger partial charge is 0.299 e. The van der Waals surface area contributed by atoms with E-state index in [2.05, 4.69) is 15.3 Å². The molecule has 11 nitrogen and oxygen atoms in total. The lowest BCUT2D eigenvalue weighted by Crippen LogP contribution is -2.37. The molecule has 4 rings (SSSR count). The Hall–Kier alpha value is -4.02. The molecule has 0 atom stereocenters. The van der Waals surface area contributed by atoms with Crippen molar-refractivity contribution < 1.29 is 14.6 Å². The number of nitrogens with zero attached hydrogens (tertiary/aromatic N) is 5. The molecule has 0 amide bonds. The van der Waals surface area contributed by atoms with Crippen molar-refractivity contribution in [2.24, 2.45) is 0 Å². The molecular formula is C18H16N6O5. The van der Waals surface area contributed by atoms with Crippen LogP contribution >= 0.6 is 0 Å². The van der Waals surface area contributed by atoms with Gasteiger partial charge in [-0.25, -0.2) is 9.97 Å². The predicted molar refractivity (Wildman–Crippen MR) is 105 cm³/mol. The standard InChI is InChI=1S/C18H16N6O5/c25-23(26)12-5-6-15(16(11-12)24(27)28)19-7-8-22-9-10-29-18-17(22)20-13-3-1-2-4-14(13)21-18/h1-6,11,19H,7-10H2. The summed E-state index contributed by atoms with van der Waals surface area (Å²) in [7, 11) is 0. The second-order valence-electron chi connectivity index (χ2n) is 6.32. The minimum absolute atomic E-state index is 0.221. The number of para-hydroxylation sites is 2. The van der Waals surface area contributed by atoms with Crippen molar-refractivity contribution in [1.82, 2.24) is 9.97 Å². The Labute approximate surface area is 164 Å². The molecule has 1 N–H and O–H groups in total. The van der Waals surface area contributed by atoms with Crippen molar-refractivity contribution in [2.75, 3.05) is 36.5 Å². The third-order valence-corrected chi connectivity index (χ3v) is 4.51. The molecular weight excluding hydrogens is 380 g/mol. The monoisotopic (exact) mass is 396 g/mol. The third-order valence-electron chi connectivity index (χ3n) is 4.51. The summed E-state index contributed by atoms with van der Waals surface area (Å²) in [5.74, 6) is 1.08. The summed E-state index contributed by atoms with van der Waals surface area (Å²) in [6.45, 7) is 1.92. The summed E-state index contributed by atoms with van der Waals surface area (Å²) in [6.07, 6.45) is 0. The van der Waals surface area contributed by atoms with Crippen LogP contribution in [0.3, 0.4) is 0 Å². The highest BCUT2D eigenvalue weighted by Crippen LogP contribution is 2.31. The first-order valence-corrected chi connectivity index (χ1v) is 8.84. The molecule has 148 valence electrons. The Balaban J connectivity index is 1.50. The van der Waals surface area contributed by atoms with Gasteiger partial charge in [-0.15, -0.1) is 0 Å². The third kappa shape index (κ3) is 3.70. The van der Waals surface area contributed by atoms with E-state index < -0.39 is 9.85 Å². The molecule has 29 heavy (non-hydrogen) atoms. The summed E-state index contributed by atoms with van der Waals surface area (Å²) < 4.78 is 5.62. The van der Waals surface area contributed by atoms with Crippen LogP contribution in [-0.2, 0) is 0 Å². The Morgan fingerprint density at radius 3 is 2.55 bits per heavy atom. The van der Waals surface area contributed by atoms with Crippen LogP contribution in [0.1, 0.15) is 0 Å². The Kier molecular flexibility index (Phi) is 4.77. The van der Waals surface area contributed by atoms with Crippen molar-refractivity contribution in [1.29, 1.82) is 0 Å². The molecule has 2 heterocycles. The lowest BCUT2D eigenvalue weighted by molar-refractivity contribution is -0.393. The maximum absolute atomic E-state index is 11.2. The van der Waals surface area contributed by atoms with Crippen molar-refractivity contribution in [3.63, 3.8) is 0 Å². The first-order valence-electron chi connectivity index (χ1n) is 8.84. The number of aromatic nitrogens is 2. The molecule has 0 aliphatic carbocycles. The van der Waals surface area contributed by atoms with Crippen molar-refractivity contribution in [3.8, 4) is 5.88 Å². The molecule has 0 bridgehead atoms. The van der Waals surface area contributed by atoms with Crippen LogP contribution < -0.4 is 15.0 Å². The largest absolute Gasteiger partial charge is 0.473 e. The van der Waals surface area contributed by atoms with Crippen LogP contribution in [0.15, 0.2) is 42.5 Å². The van der Waals surface area contributed by atoms with E-state index in [4.69, 9.17) is 4.74 Å². The van der Waals surface area contributed by atoms with Gasteiger partial charge in [0.1, 0.15) is 12.3 Å². The molecule has 0 radical (unpaired) electrons. The number of nitrogens with one attached hydrogen (secondary N) is 1. The van der Waals surface area contributed by atoms with E-state index in [-0.39, 0.29) is 17.1 Å². The maximum Gasteiger partial charge on any atom is 0.299 e. The number of nitro groups is 2. The summed E-state index contributed by atoms with van der Waals surface area (Å²) in [6, 6.07) is 11.0. The van der Waals surface area contributed by atoms with Crippen LogP contribution in [0.5, 0.6) is 5.88 Å². The quantitative estimate of drug-likeness (QED) is 0.492. The van der Waals surface area contributed by atoms with E-state index in [9.17, 15) is 20.2 Å². The molecule has 2 aromatic carbocycles. The Bertz CT molecular complexity index is 1110. The molecule has 1 aliphatic heterocycles. The van der Waals surface area contributed by atoms with E-state index >= 15 is 0 Å². The number of nitro benzene ring substituents is 2. The minimum atomic E-state index is -0.662. The Morgan fingerprint density at radius 1 is 1.07 bits per heavy atom. The zero-order valence-electron chi connectivity index (χ0n) is 15.1. The molecule has 0 unspecified atom stereocenters. The van der Waals surface area contributed by atoms with E-state index in [1.807, 2.05) is 29.2 Å². The van der Waals surface area contributed by atoms with Gasteiger partial charge in [-0.3, -0.25) is 20.2 Å². The summed E-state index contributed by atoms with van der Waals surface area (Å²) >= 11 is 0. The van der Waals surface area contributed by atoms with Gasteiger partial charge in [0, 0.05) is 19.2 Å². The van der Waals surface area contributed by atoms with Gasteiger partial charge in [0.15, 0.2) is 5.82 Å². The summed E-state index contributed by atoms with van der Waals surface area (Å²) in [4.78, 5) is 31.9. The fourth-order valence-corrected chi connectivity index (χ4v) is 3.11. The number of rotatable bonds is 6. The highest BCUT2D eigenvalue weighted by atomic mass is 16.6. The number of hydrogen-bond donors (Lipinski definition) is 1. The van der Waals surface area contributed by atoms with Gasteiger partial charge in [0.25, 0.3) is 17.3 Å². The SMILES string of the molecule is O=[N+]([O-])c1ccc(NCCN2CCOc3nc4ccccc4nc32)c([N+](=O)[O-])c1. The van der Waals surface area contributed by atoms with Gasteiger partial charge in [-0.05, 0) is 18.2 Å². The average Bonchev–Trinajstić information content (AvgIpc) is 2.72. The first-order chi connectivity index (χ1) is 14.0. The number of benzene rings is 2. The molecule has 0 fully saturated rings. The van der Waals surface area contributed by atoms with Gasteiger partial charge in [0.05, 0.1) is 33.5 Å². The van der Waals surface area contributed by atoms with Gasteiger partial charge >= 0.3 is 0 Å². The fraction of sp³-hybridized carbons (Fsp3) is 0.222. The molecule has 1 aromatic heterocycles. The zero-order chi connectivity index (χ0) is 20.4. The molecule has 0 saturated heterocycles. The lowest BCUT2D eigenvalue weighted by Gasteiger charge is -2.29. The summed E-state index contributed by atoms with van der Waals surface area (Å²) in [5, 5.41) is 25.1. The maximum atomic E-state index is 11.2. The molecule has 0 saturated carbocycles. The van der Waals surface area contributed by atoms with Crippen molar-refractivity contribution >= 4 is 33.9 Å². The van der Waals surface area contributed by atoms with Crippen LogP contribution in [0.2, 0.25) is 0 Å². The average molecular weight is 396 g/mol. The minimum Gasteiger partial charge on any atom is -0.473 e. The second-order valence-corrected chi connectivity index (χ2v) is 6.32. The molecule has 11 heteroatoms. The highest BCUT2D eigenvalue weighted by molar-refractivity contribution is 5.77. The van der Waals surface area contributed by atoms with Crippen molar-refractivity contribution in [3.05, 3.63) is 62.7 Å². The van der Waals surface area contributed by atoms with Gasteiger partial charge < -0.3 is 15.0 Å². The topological polar surface area (TPSA) is 137 Å². The van der Waals surface area contributed by atoms with Gasteiger partial charge in [-0.1, -0.05) is 12.1 Å². The molecule has 0 spiro atoms.